The molecule has 0 aliphatic carbocycles. The molecule has 1 amide bonds. The van der Waals surface area contributed by atoms with Crippen LogP contribution in [-0.4, -0.2) is 59.2 Å². The fraction of sp³-hybridized carbons (Fsp3) is 0.211. The molecule has 1 aromatic carbocycles. The number of hydrogen-bond acceptors (Lipinski definition) is 6. The summed E-state index contributed by atoms with van der Waals surface area (Å²) in [5, 5.41) is 4.54. The lowest BCUT2D eigenvalue weighted by molar-refractivity contribution is -0.274. The number of rotatable bonds is 4. The van der Waals surface area contributed by atoms with Crippen LogP contribution in [-0.2, 0) is 0 Å². The number of ether oxygens (including phenoxy) is 1. The minimum atomic E-state index is -4.89. The van der Waals surface area contributed by atoms with E-state index in [1.54, 1.807) is 12.1 Å². The fourth-order valence-corrected chi connectivity index (χ4v) is 5.21. The molecule has 1 aliphatic rings. The maximum Gasteiger partial charge on any atom is 0.573 e. The van der Waals surface area contributed by atoms with Crippen molar-refractivity contribution in [3.05, 3.63) is 57.9 Å². The zero-order valence-corrected chi connectivity index (χ0v) is 19.6. The van der Waals surface area contributed by atoms with Gasteiger partial charge >= 0.3 is 6.36 Å². The van der Waals surface area contributed by atoms with E-state index in [2.05, 4.69) is 30.7 Å². The van der Waals surface area contributed by atoms with Gasteiger partial charge in [0.2, 0.25) is 0 Å². The zero-order chi connectivity index (χ0) is 24.0. The molecule has 33 heavy (non-hydrogen) atoms. The SMILES string of the molecule is O=C(c1cc(-c2cc(Br)cc(OC(F)(F)F)c2)n(-c2ccc(Cl)nc2)n1)N1CCS(O)(O)C1. The van der Waals surface area contributed by atoms with Crippen molar-refractivity contribution in [3.63, 3.8) is 0 Å². The quantitative estimate of drug-likeness (QED) is 0.409. The summed E-state index contributed by atoms with van der Waals surface area (Å²) < 4.78 is 63.7. The molecule has 176 valence electrons. The number of carbonyl (C=O) groups is 1. The summed E-state index contributed by atoms with van der Waals surface area (Å²) in [6, 6.07) is 8.34. The van der Waals surface area contributed by atoms with Gasteiger partial charge in [0, 0.05) is 16.6 Å². The number of carbonyl (C=O) groups excluding carboxylic acids is 1. The van der Waals surface area contributed by atoms with Crippen molar-refractivity contribution in [1.29, 1.82) is 0 Å². The normalized spacial score (nSPS) is 16.6. The maximum absolute atomic E-state index is 13.0. The van der Waals surface area contributed by atoms with E-state index in [9.17, 15) is 27.1 Å². The molecule has 3 heterocycles. The maximum atomic E-state index is 13.0. The van der Waals surface area contributed by atoms with Crippen molar-refractivity contribution in [2.75, 3.05) is 18.2 Å². The van der Waals surface area contributed by atoms with Gasteiger partial charge in [-0.15, -0.1) is 13.2 Å². The van der Waals surface area contributed by atoms with Crippen LogP contribution in [0.1, 0.15) is 10.5 Å². The highest BCUT2D eigenvalue weighted by Crippen LogP contribution is 2.44. The van der Waals surface area contributed by atoms with Crippen LogP contribution >= 0.6 is 38.1 Å². The van der Waals surface area contributed by atoms with E-state index in [4.69, 9.17) is 11.6 Å². The highest BCUT2D eigenvalue weighted by Gasteiger charge is 2.33. The predicted molar refractivity (Wildman–Crippen MR) is 120 cm³/mol. The Bertz CT molecular complexity index is 1210. The minimum absolute atomic E-state index is 0.0321. The van der Waals surface area contributed by atoms with Gasteiger partial charge in [-0.3, -0.25) is 13.9 Å². The first-order chi connectivity index (χ1) is 15.4. The van der Waals surface area contributed by atoms with Crippen molar-refractivity contribution >= 4 is 44.0 Å². The highest BCUT2D eigenvalue weighted by molar-refractivity contribution is 9.10. The molecular formula is C19H15BrClF3N4O4S. The summed E-state index contributed by atoms with van der Waals surface area (Å²) in [6.45, 7) is 0.145. The third-order valence-corrected chi connectivity index (χ3v) is 6.87. The van der Waals surface area contributed by atoms with E-state index >= 15 is 0 Å². The zero-order valence-electron chi connectivity index (χ0n) is 16.5. The molecule has 4 rings (SSSR count). The molecule has 14 heteroatoms. The Morgan fingerprint density at radius 3 is 2.58 bits per heavy atom. The largest absolute Gasteiger partial charge is 0.573 e. The molecular weight excluding hydrogens is 553 g/mol. The first kappa shape index (κ1) is 23.8. The smallest absolute Gasteiger partial charge is 0.406 e. The fourth-order valence-electron chi connectivity index (χ4n) is 3.24. The molecule has 2 N–H and O–H groups in total. The van der Waals surface area contributed by atoms with Crippen LogP contribution in [0, 0.1) is 0 Å². The molecule has 1 aliphatic heterocycles. The van der Waals surface area contributed by atoms with Crippen molar-refractivity contribution in [1.82, 2.24) is 19.7 Å². The topological polar surface area (TPSA) is 101 Å². The number of amides is 1. The molecule has 2 aromatic heterocycles. The Morgan fingerprint density at radius 1 is 1.21 bits per heavy atom. The number of alkyl halides is 3. The summed E-state index contributed by atoms with van der Waals surface area (Å²) in [5.41, 5.74) is 0.921. The van der Waals surface area contributed by atoms with Crippen molar-refractivity contribution in [3.8, 4) is 22.7 Å². The molecule has 1 saturated heterocycles. The molecule has 1 fully saturated rings. The van der Waals surface area contributed by atoms with Gasteiger partial charge in [0.25, 0.3) is 5.91 Å². The van der Waals surface area contributed by atoms with Crippen LogP contribution in [0.25, 0.3) is 16.9 Å². The second kappa shape index (κ2) is 8.80. The first-order valence-electron chi connectivity index (χ1n) is 9.22. The molecule has 0 atom stereocenters. The van der Waals surface area contributed by atoms with E-state index in [0.717, 1.165) is 12.1 Å². The monoisotopic (exact) mass is 566 g/mol. The molecule has 0 radical (unpaired) electrons. The van der Waals surface area contributed by atoms with Gasteiger partial charge in [0.1, 0.15) is 16.8 Å². The number of halogens is 5. The summed E-state index contributed by atoms with van der Waals surface area (Å²) >= 11 is 9.03. The lowest BCUT2D eigenvalue weighted by atomic mass is 10.1. The van der Waals surface area contributed by atoms with E-state index in [1.165, 1.54) is 27.9 Å². The first-order valence-corrected chi connectivity index (χ1v) is 12.3. The number of nitrogens with zero attached hydrogens (tertiary/aromatic N) is 4. The number of pyridine rings is 1. The average Bonchev–Trinajstić information content (AvgIpc) is 3.30. The van der Waals surface area contributed by atoms with E-state index < -0.39 is 28.6 Å². The lowest BCUT2D eigenvalue weighted by Gasteiger charge is -2.25. The van der Waals surface area contributed by atoms with Crippen molar-refractivity contribution in [2.24, 2.45) is 0 Å². The van der Waals surface area contributed by atoms with E-state index in [-0.39, 0.29) is 40.3 Å². The van der Waals surface area contributed by atoms with Crippen molar-refractivity contribution < 1.29 is 31.8 Å². The lowest BCUT2D eigenvalue weighted by Crippen LogP contribution is -2.29. The molecule has 0 spiro atoms. The second-order valence-electron chi connectivity index (χ2n) is 7.09. The third-order valence-electron chi connectivity index (χ3n) is 4.62. The Labute approximate surface area is 200 Å². The van der Waals surface area contributed by atoms with Gasteiger partial charge in [-0.1, -0.05) is 27.5 Å². The summed E-state index contributed by atoms with van der Waals surface area (Å²) in [5.74, 6) is -1.15. The number of aromatic nitrogens is 3. The second-order valence-corrected chi connectivity index (χ2v) is 10.7. The Hall–Kier alpha value is -2.32. The van der Waals surface area contributed by atoms with Gasteiger partial charge < -0.3 is 9.64 Å². The van der Waals surface area contributed by atoms with E-state index in [1.807, 2.05) is 0 Å². The van der Waals surface area contributed by atoms with Gasteiger partial charge in [-0.05, 0) is 36.4 Å². The molecule has 0 unspecified atom stereocenters. The number of hydrogen-bond donors (Lipinski definition) is 2. The Balaban J connectivity index is 1.80. The molecule has 0 bridgehead atoms. The standard InChI is InChI=1S/C19H15BrClF3N4O4S/c20-12-5-11(6-14(7-12)32-19(22,23)24)16-8-15(18(29)27-3-4-33(30,31)10-27)26-28(16)13-1-2-17(21)25-9-13/h1-2,5-9,30-31H,3-4,10H2. The van der Waals surface area contributed by atoms with Crippen LogP contribution in [0.2, 0.25) is 5.15 Å². The summed E-state index contributed by atoms with van der Waals surface area (Å²) in [4.78, 5) is 18.2. The predicted octanol–water partition coefficient (Wildman–Crippen LogP) is 5.41. The van der Waals surface area contributed by atoms with Crippen LogP contribution in [0.5, 0.6) is 5.75 Å². The van der Waals surface area contributed by atoms with Crippen LogP contribution < -0.4 is 4.74 Å². The van der Waals surface area contributed by atoms with Crippen molar-refractivity contribution in [2.45, 2.75) is 6.36 Å². The highest BCUT2D eigenvalue weighted by atomic mass is 79.9. The molecule has 3 aromatic rings. The minimum Gasteiger partial charge on any atom is -0.406 e. The van der Waals surface area contributed by atoms with Gasteiger partial charge in [-0.25, -0.2) is 9.67 Å². The van der Waals surface area contributed by atoms with Gasteiger partial charge in [0.15, 0.2) is 5.69 Å². The van der Waals surface area contributed by atoms with Gasteiger partial charge in [0.05, 0.1) is 23.3 Å². The third kappa shape index (κ3) is 5.61. The Morgan fingerprint density at radius 2 is 1.97 bits per heavy atom. The summed E-state index contributed by atoms with van der Waals surface area (Å²) in [7, 11) is -2.87. The van der Waals surface area contributed by atoms with E-state index in [0.29, 0.717) is 10.2 Å². The summed E-state index contributed by atoms with van der Waals surface area (Å²) in [6.07, 6.45) is -3.50. The average molecular weight is 568 g/mol. The van der Waals surface area contributed by atoms with Crippen LogP contribution in [0.4, 0.5) is 13.2 Å². The number of benzene rings is 1. The van der Waals surface area contributed by atoms with Crippen LogP contribution in [0.3, 0.4) is 0 Å². The molecule has 0 saturated carbocycles. The van der Waals surface area contributed by atoms with Gasteiger partial charge in [-0.2, -0.15) is 15.7 Å². The Kier molecular flexibility index (Phi) is 6.35. The molecule has 8 nitrogen and oxygen atoms in total. The van der Waals surface area contributed by atoms with Crippen LogP contribution in [0.15, 0.2) is 47.1 Å².